The Bertz CT molecular complexity index is 509. The van der Waals surface area contributed by atoms with Crippen molar-refractivity contribution in [1.82, 2.24) is 0 Å². The van der Waals surface area contributed by atoms with Crippen molar-refractivity contribution < 1.29 is 14.0 Å². The van der Waals surface area contributed by atoms with Crippen LogP contribution in [-0.2, 0) is 4.79 Å². The van der Waals surface area contributed by atoms with Gasteiger partial charge in [-0.1, -0.05) is 20.8 Å². The van der Waals surface area contributed by atoms with E-state index in [1.165, 1.54) is 12.1 Å². The highest BCUT2D eigenvalue weighted by Crippen LogP contribution is 2.21. The van der Waals surface area contributed by atoms with Crippen LogP contribution in [0, 0.1) is 11.2 Å². The predicted octanol–water partition coefficient (Wildman–Crippen LogP) is 1.24. The molecule has 5 nitrogen and oxygen atoms in total. The third-order valence-electron chi connectivity index (χ3n) is 2.72. The first-order valence-corrected chi connectivity index (χ1v) is 5.78. The molecule has 0 radical (unpaired) electrons. The molecular formula is C13H18FN3O2. The van der Waals surface area contributed by atoms with Crippen molar-refractivity contribution in [1.29, 1.82) is 0 Å². The molecule has 1 unspecified atom stereocenters. The van der Waals surface area contributed by atoms with E-state index in [0.717, 1.165) is 6.07 Å². The largest absolute Gasteiger partial charge is 0.366 e. The molecule has 0 fully saturated rings. The summed E-state index contributed by atoms with van der Waals surface area (Å²) in [6.45, 7) is 5.40. The zero-order valence-corrected chi connectivity index (χ0v) is 11.2. The summed E-state index contributed by atoms with van der Waals surface area (Å²) in [7, 11) is 0. The number of hydrogen-bond donors (Lipinski definition) is 3. The Morgan fingerprint density at radius 2 is 1.89 bits per heavy atom. The van der Waals surface area contributed by atoms with E-state index >= 15 is 0 Å². The van der Waals surface area contributed by atoms with Crippen molar-refractivity contribution in [3.63, 3.8) is 0 Å². The summed E-state index contributed by atoms with van der Waals surface area (Å²) in [5, 5.41) is 2.37. The molecule has 0 aliphatic heterocycles. The minimum absolute atomic E-state index is 0.110. The second kappa shape index (κ2) is 5.36. The highest BCUT2D eigenvalue weighted by Gasteiger charge is 2.28. The molecule has 0 saturated heterocycles. The number of anilines is 1. The fourth-order valence-corrected chi connectivity index (χ4v) is 1.38. The lowest BCUT2D eigenvalue weighted by Crippen LogP contribution is -2.45. The van der Waals surface area contributed by atoms with Crippen LogP contribution >= 0.6 is 0 Å². The summed E-state index contributed by atoms with van der Waals surface area (Å²) >= 11 is 0. The maximum Gasteiger partial charge on any atom is 0.248 e. The van der Waals surface area contributed by atoms with Gasteiger partial charge in [-0.25, -0.2) is 4.39 Å². The standard InChI is InChI=1S/C13H18FN3O2/c1-13(2,3)10(15)12(19)17-9-6-7(11(16)18)4-5-8(9)14/h4-6,10H,15H2,1-3H3,(H2,16,18)(H,17,19). The maximum absolute atomic E-state index is 13.5. The Balaban J connectivity index is 2.96. The molecule has 0 bridgehead atoms. The predicted molar refractivity (Wildman–Crippen MR) is 71.0 cm³/mol. The zero-order chi connectivity index (χ0) is 14.8. The van der Waals surface area contributed by atoms with Gasteiger partial charge in [0.25, 0.3) is 0 Å². The Labute approximate surface area is 111 Å². The lowest BCUT2D eigenvalue weighted by atomic mass is 9.87. The highest BCUT2D eigenvalue weighted by atomic mass is 19.1. The number of carbonyl (C=O) groups excluding carboxylic acids is 2. The first-order valence-electron chi connectivity index (χ1n) is 5.78. The molecule has 1 aromatic rings. The number of halogens is 1. The van der Waals surface area contributed by atoms with E-state index in [0.29, 0.717) is 0 Å². The molecule has 104 valence electrons. The van der Waals surface area contributed by atoms with Crippen molar-refractivity contribution in [3.8, 4) is 0 Å². The molecule has 0 aliphatic carbocycles. The van der Waals surface area contributed by atoms with E-state index in [9.17, 15) is 14.0 Å². The smallest absolute Gasteiger partial charge is 0.248 e. The molecule has 1 atom stereocenters. The second-order valence-corrected chi connectivity index (χ2v) is 5.39. The average molecular weight is 267 g/mol. The van der Waals surface area contributed by atoms with Crippen molar-refractivity contribution in [2.24, 2.45) is 16.9 Å². The van der Waals surface area contributed by atoms with Gasteiger partial charge in [0, 0.05) is 5.56 Å². The summed E-state index contributed by atoms with van der Waals surface area (Å²) < 4.78 is 13.5. The van der Waals surface area contributed by atoms with Crippen LogP contribution in [0.2, 0.25) is 0 Å². The third-order valence-corrected chi connectivity index (χ3v) is 2.72. The fraction of sp³-hybridized carbons (Fsp3) is 0.385. The van der Waals surface area contributed by atoms with Gasteiger partial charge in [0.15, 0.2) is 0 Å². The SMILES string of the molecule is CC(C)(C)C(N)C(=O)Nc1cc(C(N)=O)ccc1F. The van der Waals surface area contributed by atoms with Crippen LogP contribution in [-0.4, -0.2) is 17.9 Å². The third kappa shape index (κ3) is 3.75. The first kappa shape index (κ1) is 15.1. The molecule has 5 N–H and O–H groups in total. The Hall–Kier alpha value is -1.95. The Kier molecular flexibility index (Phi) is 4.26. The van der Waals surface area contributed by atoms with Crippen LogP contribution in [0.25, 0.3) is 0 Å². The van der Waals surface area contributed by atoms with Crippen LogP contribution in [0.15, 0.2) is 18.2 Å². The van der Waals surface area contributed by atoms with E-state index in [2.05, 4.69) is 5.32 Å². The molecule has 1 aromatic carbocycles. The number of nitrogens with two attached hydrogens (primary N) is 2. The summed E-state index contributed by atoms with van der Waals surface area (Å²) in [6, 6.07) is 2.70. The van der Waals surface area contributed by atoms with E-state index < -0.39 is 29.1 Å². The van der Waals surface area contributed by atoms with Crippen molar-refractivity contribution in [3.05, 3.63) is 29.6 Å². The summed E-state index contributed by atoms with van der Waals surface area (Å²) in [6.07, 6.45) is 0. The zero-order valence-electron chi connectivity index (χ0n) is 11.2. The number of rotatable bonds is 3. The lowest BCUT2D eigenvalue weighted by molar-refractivity contribution is -0.119. The van der Waals surface area contributed by atoms with Gasteiger partial charge in [0.2, 0.25) is 11.8 Å². The monoisotopic (exact) mass is 267 g/mol. The van der Waals surface area contributed by atoms with Crippen molar-refractivity contribution >= 4 is 17.5 Å². The molecule has 0 aliphatic rings. The highest BCUT2D eigenvalue weighted by molar-refractivity contribution is 5.98. The first-order chi connectivity index (χ1) is 8.62. The van der Waals surface area contributed by atoms with E-state index in [4.69, 9.17) is 11.5 Å². The molecule has 0 saturated carbocycles. The second-order valence-electron chi connectivity index (χ2n) is 5.39. The van der Waals surface area contributed by atoms with Crippen LogP contribution in [0.3, 0.4) is 0 Å². The van der Waals surface area contributed by atoms with Gasteiger partial charge in [-0.15, -0.1) is 0 Å². The molecule has 0 spiro atoms. The Morgan fingerprint density at radius 3 is 2.37 bits per heavy atom. The van der Waals surface area contributed by atoms with Crippen LogP contribution in [0.1, 0.15) is 31.1 Å². The molecule has 0 heterocycles. The average Bonchev–Trinajstić information content (AvgIpc) is 2.29. The molecule has 0 aromatic heterocycles. The van der Waals surface area contributed by atoms with Gasteiger partial charge in [-0.3, -0.25) is 9.59 Å². The molecule has 6 heteroatoms. The van der Waals surface area contributed by atoms with Gasteiger partial charge < -0.3 is 16.8 Å². The number of amides is 2. The molecule has 1 rings (SSSR count). The molecular weight excluding hydrogens is 249 g/mol. The van der Waals surface area contributed by atoms with Crippen molar-refractivity contribution in [2.45, 2.75) is 26.8 Å². The summed E-state index contributed by atoms with van der Waals surface area (Å²) in [5.74, 6) is -1.87. The summed E-state index contributed by atoms with van der Waals surface area (Å²) in [4.78, 5) is 22.9. The minimum Gasteiger partial charge on any atom is -0.366 e. The Morgan fingerprint density at radius 1 is 1.32 bits per heavy atom. The van der Waals surface area contributed by atoms with E-state index in [-0.39, 0.29) is 11.3 Å². The molecule has 19 heavy (non-hydrogen) atoms. The number of nitrogens with one attached hydrogen (secondary N) is 1. The number of benzene rings is 1. The van der Waals surface area contributed by atoms with E-state index in [1.54, 1.807) is 20.8 Å². The number of hydrogen-bond acceptors (Lipinski definition) is 3. The van der Waals surface area contributed by atoms with Gasteiger partial charge in [-0.2, -0.15) is 0 Å². The quantitative estimate of drug-likeness (QED) is 0.768. The van der Waals surface area contributed by atoms with Crippen molar-refractivity contribution in [2.75, 3.05) is 5.32 Å². The van der Waals surface area contributed by atoms with E-state index in [1.807, 2.05) is 0 Å². The fourth-order valence-electron chi connectivity index (χ4n) is 1.38. The van der Waals surface area contributed by atoms with Gasteiger partial charge >= 0.3 is 0 Å². The normalized spacial score (nSPS) is 12.9. The number of primary amides is 1. The van der Waals surface area contributed by atoms with Crippen LogP contribution in [0.5, 0.6) is 0 Å². The number of carbonyl (C=O) groups is 2. The summed E-state index contributed by atoms with van der Waals surface area (Å²) in [5.41, 5.74) is 10.4. The minimum atomic E-state index is -0.802. The maximum atomic E-state index is 13.5. The van der Waals surface area contributed by atoms with Gasteiger partial charge in [0.1, 0.15) is 5.82 Å². The van der Waals surface area contributed by atoms with Gasteiger partial charge in [-0.05, 0) is 23.6 Å². The molecule has 2 amide bonds. The van der Waals surface area contributed by atoms with Gasteiger partial charge in [0.05, 0.1) is 11.7 Å². The lowest BCUT2D eigenvalue weighted by Gasteiger charge is -2.25. The van der Waals surface area contributed by atoms with Crippen LogP contribution < -0.4 is 16.8 Å². The topological polar surface area (TPSA) is 98.2 Å². The van der Waals surface area contributed by atoms with Crippen LogP contribution in [0.4, 0.5) is 10.1 Å².